The van der Waals surface area contributed by atoms with Crippen molar-refractivity contribution in [2.24, 2.45) is 5.92 Å². The number of nitrogens with one attached hydrogen (secondary N) is 1. The molecular weight excluding hydrogens is 314 g/mol. The van der Waals surface area contributed by atoms with Gasteiger partial charge in [0.15, 0.2) is 0 Å². The Morgan fingerprint density at radius 2 is 1.96 bits per heavy atom. The maximum atomic E-state index is 12.4. The van der Waals surface area contributed by atoms with E-state index >= 15 is 0 Å². The average molecular weight is 339 g/mol. The third-order valence-corrected chi connectivity index (χ3v) is 4.72. The molecule has 0 aliphatic carbocycles. The Kier molecular flexibility index (Phi) is 5.38. The molecule has 2 aromatic heterocycles. The van der Waals surface area contributed by atoms with Gasteiger partial charge in [-0.15, -0.1) is 0 Å². The third-order valence-electron chi connectivity index (χ3n) is 4.72. The van der Waals surface area contributed by atoms with Crippen LogP contribution in [0.15, 0.2) is 24.4 Å². The Hall–Kier alpha value is -2.34. The first-order valence-electron chi connectivity index (χ1n) is 8.77. The van der Waals surface area contributed by atoms with Crippen molar-refractivity contribution in [3.05, 3.63) is 46.9 Å². The van der Waals surface area contributed by atoms with E-state index in [9.17, 15) is 4.79 Å². The molecule has 2 aromatic rings. The summed E-state index contributed by atoms with van der Waals surface area (Å²) in [6, 6.07) is 5.91. The standard InChI is InChI=1S/C19H25N5O/c1-13-4-5-18(20-11-13)21-19(25)16-6-8-24(9-7-16)12-17-10-14(2)22-23-15(17)3/h4-5,10-11,16H,6-9,12H2,1-3H3,(H,20,21,25). The maximum absolute atomic E-state index is 12.4. The number of likely N-dealkylation sites (tertiary alicyclic amines) is 1. The molecule has 1 aliphatic rings. The van der Waals surface area contributed by atoms with Crippen LogP contribution in [0.2, 0.25) is 0 Å². The Balaban J connectivity index is 1.52. The van der Waals surface area contributed by atoms with Gasteiger partial charge in [0.05, 0.1) is 11.4 Å². The fourth-order valence-electron chi connectivity index (χ4n) is 3.13. The van der Waals surface area contributed by atoms with E-state index in [2.05, 4.69) is 31.5 Å². The van der Waals surface area contributed by atoms with Crippen LogP contribution >= 0.6 is 0 Å². The minimum absolute atomic E-state index is 0.0535. The fourth-order valence-corrected chi connectivity index (χ4v) is 3.13. The second kappa shape index (κ2) is 7.70. The van der Waals surface area contributed by atoms with Gasteiger partial charge in [0.1, 0.15) is 5.82 Å². The van der Waals surface area contributed by atoms with Gasteiger partial charge in [-0.1, -0.05) is 6.07 Å². The van der Waals surface area contributed by atoms with Crippen molar-refractivity contribution in [3.8, 4) is 0 Å². The highest BCUT2D eigenvalue weighted by Gasteiger charge is 2.25. The van der Waals surface area contributed by atoms with Gasteiger partial charge in [-0.2, -0.15) is 10.2 Å². The van der Waals surface area contributed by atoms with Gasteiger partial charge in [-0.25, -0.2) is 4.98 Å². The van der Waals surface area contributed by atoms with E-state index in [0.717, 1.165) is 49.4 Å². The monoisotopic (exact) mass is 339 g/mol. The predicted octanol–water partition coefficient (Wildman–Crippen LogP) is 2.65. The van der Waals surface area contributed by atoms with E-state index in [0.29, 0.717) is 5.82 Å². The van der Waals surface area contributed by atoms with Crippen molar-refractivity contribution in [2.45, 2.75) is 40.2 Å². The second-order valence-electron chi connectivity index (χ2n) is 6.86. The van der Waals surface area contributed by atoms with Crippen LogP contribution in [0.3, 0.4) is 0 Å². The van der Waals surface area contributed by atoms with Crippen molar-refractivity contribution in [3.63, 3.8) is 0 Å². The van der Waals surface area contributed by atoms with Gasteiger partial charge < -0.3 is 5.32 Å². The molecule has 0 radical (unpaired) electrons. The second-order valence-corrected chi connectivity index (χ2v) is 6.86. The van der Waals surface area contributed by atoms with Gasteiger partial charge in [-0.3, -0.25) is 9.69 Å². The summed E-state index contributed by atoms with van der Waals surface area (Å²) >= 11 is 0. The number of hydrogen-bond donors (Lipinski definition) is 1. The molecule has 3 rings (SSSR count). The summed E-state index contributed by atoms with van der Waals surface area (Å²) in [5.41, 5.74) is 4.23. The van der Waals surface area contributed by atoms with Gasteiger partial charge in [0.25, 0.3) is 0 Å². The van der Waals surface area contributed by atoms with Crippen LogP contribution in [0.4, 0.5) is 5.82 Å². The summed E-state index contributed by atoms with van der Waals surface area (Å²) in [6.07, 6.45) is 3.51. The topological polar surface area (TPSA) is 71.0 Å². The summed E-state index contributed by atoms with van der Waals surface area (Å²) in [5.74, 6) is 0.762. The van der Waals surface area contributed by atoms with E-state index in [1.807, 2.05) is 32.9 Å². The number of rotatable bonds is 4. The van der Waals surface area contributed by atoms with Crippen LogP contribution in [-0.2, 0) is 11.3 Å². The minimum Gasteiger partial charge on any atom is -0.310 e. The molecule has 6 heteroatoms. The first-order valence-corrected chi connectivity index (χ1v) is 8.77. The van der Waals surface area contributed by atoms with Gasteiger partial charge >= 0.3 is 0 Å². The average Bonchev–Trinajstić information content (AvgIpc) is 2.61. The van der Waals surface area contributed by atoms with Crippen LogP contribution in [0.1, 0.15) is 35.4 Å². The summed E-state index contributed by atoms with van der Waals surface area (Å²) in [6.45, 7) is 8.65. The number of hydrogen-bond acceptors (Lipinski definition) is 5. The van der Waals surface area contributed by atoms with E-state index < -0.39 is 0 Å². The number of piperidine rings is 1. The fraction of sp³-hybridized carbons (Fsp3) is 0.474. The molecule has 0 unspecified atom stereocenters. The molecule has 132 valence electrons. The van der Waals surface area contributed by atoms with E-state index in [1.165, 1.54) is 5.56 Å². The molecule has 1 fully saturated rings. The predicted molar refractivity (Wildman–Crippen MR) is 97.1 cm³/mol. The molecule has 1 N–H and O–H groups in total. The molecule has 3 heterocycles. The molecule has 6 nitrogen and oxygen atoms in total. The lowest BCUT2D eigenvalue weighted by atomic mass is 9.95. The molecule has 25 heavy (non-hydrogen) atoms. The lowest BCUT2D eigenvalue weighted by molar-refractivity contribution is -0.121. The first kappa shape index (κ1) is 17.5. The van der Waals surface area contributed by atoms with Gasteiger partial charge in [0, 0.05) is 18.7 Å². The summed E-state index contributed by atoms with van der Waals surface area (Å²) in [7, 11) is 0. The minimum atomic E-state index is 0.0535. The number of anilines is 1. The van der Waals surface area contributed by atoms with Gasteiger partial charge in [0.2, 0.25) is 5.91 Å². The normalized spacial score (nSPS) is 16.0. The first-order chi connectivity index (χ1) is 12.0. The SMILES string of the molecule is Cc1ccc(NC(=O)C2CCN(Cc3cc(C)nnc3C)CC2)nc1. The highest BCUT2D eigenvalue weighted by molar-refractivity contribution is 5.91. The smallest absolute Gasteiger partial charge is 0.228 e. The highest BCUT2D eigenvalue weighted by Crippen LogP contribution is 2.21. The van der Waals surface area contributed by atoms with Crippen molar-refractivity contribution < 1.29 is 4.79 Å². The highest BCUT2D eigenvalue weighted by atomic mass is 16.1. The van der Waals surface area contributed by atoms with Crippen LogP contribution in [0, 0.1) is 26.7 Å². The molecule has 0 atom stereocenters. The zero-order valence-corrected chi connectivity index (χ0v) is 15.1. The molecule has 1 amide bonds. The number of pyridine rings is 1. The Bertz CT molecular complexity index is 736. The summed E-state index contributed by atoms with van der Waals surface area (Å²) in [4.78, 5) is 19.1. The van der Waals surface area contributed by atoms with E-state index in [4.69, 9.17) is 0 Å². The maximum Gasteiger partial charge on any atom is 0.228 e. The van der Waals surface area contributed by atoms with Crippen molar-refractivity contribution in [1.29, 1.82) is 0 Å². The van der Waals surface area contributed by atoms with E-state index in [1.54, 1.807) is 6.20 Å². The Morgan fingerprint density at radius 1 is 1.20 bits per heavy atom. The van der Waals surface area contributed by atoms with Crippen LogP contribution in [-0.4, -0.2) is 39.1 Å². The molecule has 0 saturated carbocycles. The third kappa shape index (κ3) is 4.60. The molecule has 1 saturated heterocycles. The number of nitrogens with zero attached hydrogens (tertiary/aromatic N) is 4. The van der Waals surface area contributed by atoms with Crippen molar-refractivity contribution in [1.82, 2.24) is 20.1 Å². The molecule has 0 aromatic carbocycles. The summed E-state index contributed by atoms with van der Waals surface area (Å²) in [5, 5.41) is 11.2. The lowest BCUT2D eigenvalue weighted by Crippen LogP contribution is -2.38. The number of carbonyl (C=O) groups is 1. The van der Waals surface area contributed by atoms with Crippen LogP contribution in [0.25, 0.3) is 0 Å². The molecular formula is C19H25N5O. The summed E-state index contributed by atoms with van der Waals surface area (Å²) < 4.78 is 0. The van der Waals surface area contributed by atoms with Gasteiger partial charge in [-0.05, 0) is 70.0 Å². The number of aromatic nitrogens is 3. The van der Waals surface area contributed by atoms with Crippen molar-refractivity contribution in [2.75, 3.05) is 18.4 Å². The van der Waals surface area contributed by atoms with Crippen LogP contribution < -0.4 is 5.32 Å². The van der Waals surface area contributed by atoms with Crippen LogP contribution in [0.5, 0.6) is 0 Å². The quantitative estimate of drug-likeness (QED) is 0.927. The zero-order chi connectivity index (χ0) is 17.8. The number of amides is 1. The molecule has 1 aliphatic heterocycles. The molecule has 0 spiro atoms. The number of carbonyl (C=O) groups excluding carboxylic acids is 1. The largest absolute Gasteiger partial charge is 0.310 e. The number of aryl methyl sites for hydroxylation is 3. The van der Waals surface area contributed by atoms with E-state index in [-0.39, 0.29) is 11.8 Å². The zero-order valence-electron chi connectivity index (χ0n) is 15.1. The van der Waals surface area contributed by atoms with Crippen molar-refractivity contribution >= 4 is 11.7 Å². The lowest BCUT2D eigenvalue weighted by Gasteiger charge is -2.31. The Labute approximate surface area is 148 Å². The Morgan fingerprint density at radius 3 is 2.64 bits per heavy atom. The molecule has 0 bridgehead atoms.